The fourth-order valence-electron chi connectivity index (χ4n) is 4.44. The molecule has 2 aromatic heterocycles. The third-order valence-corrected chi connectivity index (χ3v) is 6.91. The van der Waals surface area contributed by atoms with Crippen molar-refractivity contribution in [2.75, 3.05) is 37.6 Å². The van der Waals surface area contributed by atoms with Gasteiger partial charge in [0.2, 0.25) is 0 Å². The van der Waals surface area contributed by atoms with Crippen molar-refractivity contribution in [1.29, 1.82) is 0 Å². The second kappa shape index (κ2) is 10.2. The molecule has 0 spiro atoms. The lowest BCUT2D eigenvalue weighted by atomic mass is 9.83. The molecule has 0 unspecified atom stereocenters. The zero-order valence-electron chi connectivity index (χ0n) is 20.8. The van der Waals surface area contributed by atoms with Gasteiger partial charge in [-0.3, -0.25) is 9.47 Å². The molecular weight excluding hydrogens is 457 g/mol. The summed E-state index contributed by atoms with van der Waals surface area (Å²) in [4.78, 5) is 29.0. The van der Waals surface area contributed by atoms with Gasteiger partial charge in [0, 0.05) is 56.3 Å². The van der Waals surface area contributed by atoms with E-state index in [1.165, 1.54) is 6.42 Å². The van der Waals surface area contributed by atoms with E-state index >= 15 is 0 Å². The van der Waals surface area contributed by atoms with Crippen molar-refractivity contribution in [3.63, 3.8) is 0 Å². The number of unbranched alkanes of at least 4 members (excludes halogenated alkanes) is 1. The number of nitrogens with zero attached hydrogens (tertiary/aromatic N) is 6. The highest BCUT2D eigenvalue weighted by molar-refractivity contribution is 5.42. The van der Waals surface area contributed by atoms with Gasteiger partial charge >= 0.3 is 11.9 Å². The molecule has 1 aliphatic carbocycles. The van der Waals surface area contributed by atoms with Gasteiger partial charge in [0.1, 0.15) is 17.3 Å². The topological polar surface area (TPSA) is 67.2 Å². The van der Waals surface area contributed by atoms with Crippen LogP contribution in [0.4, 0.5) is 19.0 Å². The van der Waals surface area contributed by atoms with Gasteiger partial charge in [-0.1, -0.05) is 27.2 Å². The molecule has 0 radical (unpaired) electrons. The van der Waals surface area contributed by atoms with Gasteiger partial charge in [0.05, 0.1) is 5.69 Å². The van der Waals surface area contributed by atoms with Crippen LogP contribution in [0.15, 0.2) is 23.1 Å². The lowest BCUT2D eigenvalue weighted by Crippen LogP contribution is -2.47. The Bertz CT molecular complexity index is 1030. The van der Waals surface area contributed by atoms with Crippen LogP contribution in [0.2, 0.25) is 0 Å². The highest BCUT2D eigenvalue weighted by atomic mass is 19.4. The summed E-state index contributed by atoms with van der Waals surface area (Å²) in [7, 11) is 0. The summed E-state index contributed by atoms with van der Waals surface area (Å²) in [6.45, 7) is 9.73. The average Bonchev–Trinajstić information content (AvgIpc) is 2.76. The maximum atomic E-state index is 13.4. The lowest BCUT2D eigenvalue weighted by Gasteiger charge is -2.36. The van der Waals surface area contributed by atoms with Crippen LogP contribution in [0.3, 0.4) is 0 Å². The largest absolute Gasteiger partial charge is 0.433 e. The molecule has 35 heavy (non-hydrogen) atoms. The monoisotopic (exact) mass is 492 g/mol. The van der Waals surface area contributed by atoms with Gasteiger partial charge in [-0.25, -0.2) is 14.8 Å². The molecule has 7 nitrogen and oxygen atoms in total. The van der Waals surface area contributed by atoms with Crippen LogP contribution in [0.1, 0.15) is 76.0 Å². The van der Waals surface area contributed by atoms with Crippen LogP contribution in [0.5, 0.6) is 0 Å². The second-order valence-corrected chi connectivity index (χ2v) is 10.7. The lowest BCUT2D eigenvalue weighted by molar-refractivity contribution is -0.141. The molecule has 1 saturated heterocycles. The third-order valence-electron chi connectivity index (χ3n) is 6.91. The van der Waals surface area contributed by atoms with Crippen LogP contribution in [0.25, 0.3) is 0 Å². The van der Waals surface area contributed by atoms with E-state index in [1.807, 2.05) is 37.9 Å². The van der Waals surface area contributed by atoms with E-state index in [0.717, 1.165) is 57.1 Å². The first-order chi connectivity index (χ1) is 16.5. The second-order valence-electron chi connectivity index (χ2n) is 10.7. The smallest absolute Gasteiger partial charge is 0.354 e. The van der Waals surface area contributed by atoms with Crippen molar-refractivity contribution < 1.29 is 13.2 Å². The molecule has 2 fully saturated rings. The summed E-state index contributed by atoms with van der Waals surface area (Å²) in [5, 5.41) is 0. The van der Waals surface area contributed by atoms with E-state index in [4.69, 9.17) is 0 Å². The summed E-state index contributed by atoms with van der Waals surface area (Å²) < 4.78 is 41.9. The van der Waals surface area contributed by atoms with Crippen LogP contribution in [-0.4, -0.2) is 57.1 Å². The molecular formula is C25H35F3N6O. The molecule has 0 atom stereocenters. The summed E-state index contributed by atoms with van der Waals surface area (Å²) in [6, 6.07) is 3.04. The van der Waals surface area contributed by atoms with Gasteiger partial charge in [-0.05, 0) is 38.3 Å². The SMILES string of the molecule is CC(C)(C)c1nc(N2CCN(CCCCn3ccc(C4CCC4)nc3=O)CC2)cc(C(F)(F)F)n1. The number of piperazine rings is 1. The predicted molar refractivity (Wildman–Crippen MR) is 129 cm³/mol. The number of hydrogen-bond acceptors (Lipinski definition) is 6. The molecule has 0 bridgehead atoms. The van der Waals surface area contributed by atoms with E-state index in [2.05, 4.69) is 19.9 Å². The minimum Gasteiger partial charge on any atom is -0.354 e. The maximum absolute atomic E-state index is 13.4. The summed E-state index contributed by atoms with van der Waals surface area (Å²) in [6.07, 6.45) is 2.65. The van der Waals surface area contributed by atoms with Crippen molar-refractivity contribution in [3.8, 4) is 0 Å². The number of hydrogen-bond donors (Lipinski definition) is 0. The molecule has 10 heteroatoms. The molecule has 1 saturated carbocycles. The van der Waals surface area contributed by atoms with E-state index in [-0.39, 0.29) is 11.5 Å². The Morgan fingerprint density at radius 1 is 0.971 bits per heavy atom. The minimum absolute atomic E-state index is 0.166. The van der Waals surface area contributed by atoms with E-state index in [0.29, 0.717) is 31.4 Å². The predicted octanol–water partition coefficient (Wildman–Crippen LogP) is 4.22. The Morgan fingerprint density at radius 2 is 1.66 bits per heavy atom. The highest BCUT2D eigenvalue weighted by Crippen LogP contribution is 2.34. The fraction of sp³-hybridized carbons (Fsp3) is 0.680. The van der Waals surface area contributed by atoms with Crippen LogP contribution >= 0.6 is 0 Å². The van der Waals surface area contributed by atoms with Crippen molar-refractivity contribution in [3.05, 3.63) is 46.0 Å². The Balaban J connectivity index is 1.27. The van der Waals surface area contributed by atoms with Crippen molar-refractivity contribution in [1.82, 2.24) is 24.4 Å². The number of rotatable bonds is 7. The maximum Gasteiger partial charge on any atom is 0.433 e. The van der Waals surface area contributed by atoms with Gasteiger partial charge in [0.25, 0.3) is 0 Å². The molecule has 0 amide bonds. The van der Waals surface area contributed by atoms with Crippen LogP contribution in [0, 0.1) is 0 Å². The van der Waals surface area contributed by atoms with Gasteiger partial charge < -0.3 is 4.90 Å². The number of halogens is 3. The van der Waals surface area contributed by atoms with E-state index in [9.17, 15) is 18.0 Å². The first-order valence-electron chi connectivity index (χ1n) is 12.5. The number of alkyl halides is 3. The summed E-state index contributed by atoms with van der Waals surface area (Å²) >= 11 is 0. The Morgan fingerprint density at radius 3 is 2.23 bits per heavy atom. The highest BCUT2D eigenvalue weighted by Gasteiger charge is 2.36. The van der Waals surface area contributed by atoms with Crippen molar-refractivity contribution in [2.45, 2.75) is 76.9 Å². The third kappa shape index (κ3) is 6.39. The minimum atomic E-state index is -4.51. The first-order valence-corrected chi connectivity index (χ1v) is 12.5. The van der Waals surface area contributed by atoms with Gasteiger partial charge in [-0.15, -0.1) is 0 Å². The molecule has 0 N–H and O–H groups in total. The summed E-state index contributed by atoms with van der Waals surface area (Å²) in [5.41, 5.74) is -0.704. The fourth-order valence-corrected chi connectivity index (χ4v) is 4.44. The molecule has 4 rings (SSSR count). The van der Waals surface area contributed by atoms with Crippen molar-refractivity contribution >= 4 is 5.82 Å². The Kier molecular flexibility index (Phi) is 7.49. The molecule has 0 aromatic carbocycles. The first kappa shape index (κ1) is 25.6. The summed E-state index contributed by atoms with van der Waals surface area (Å²) in [5.74, 6) is 1.00. The Hall–Kier alpha value is -2.49. The van der Waals surface area contributed by atoms with Gasteiger partial charge in [0.15, 0.2) is 0 Å². The number of aromatic nitrogens is 4. The number of anilines is 1. The quantitative estimate of drug-likeness (QED) is 0.540. The van der Waals surface area contributed by atoms with Crippen LogP contribution < -0.4 is 10.6 Å². The van der Waals surface area contributed by atoms with Gasteiger partial charge in [-0.2, -0.15) is 18.2 Å². The molecule has 192 valence electrons. The van der Waals surface area contributed by atoms with E-state index in [1.54, 1.807) is 4.57 Å². The molecule has 1 aliphatic heterocycles. The zero-order chi connectivity index (χ0) is 25.2. The van der Waals surface area contributed by atoms with E-state index < -0.39 is 17.3 Å². The number of aryl methyl sites for hydroxylation is 1. The standard InChI is InChI=1S/C25H35F3N6O/c1-24(2,3)22-30-20(25(26,27)28)17-21(31-22)33-15-13-32(14-16-33)10-4-5-11-34-12-9-19(29-23(34)35)18-7-6-8-18/h9,12,17-18H,4-8,10-11,13-16H2,1-3H3. The molecule has 2 aromatic rings. The zero-order valence-corrected chi connectivity index (χ0v) is 20.8. The van der Waals surface area contributed by atoms with Crippen LogP contribution in [-0.2, 0) is 18.1 Å². The van der Waals surface area contributed by atoms with Crippen molar-refractivity contribution in [2.24, 2.45) is 0 Å². The normalized spacial score (nSPS) is 18.1. The average molecular weight is 493 g/mol. The molecule has 2 aliphatic rings. The Labute approximate surface area is 204 Å². The molecule has 3 heterocycles.